The van der Waals surface area contributed by atoms with Gasteiger partial charge < -0.3 is 14.9 Å². The first-order valence-electron chi connectivity index (χ1n) is 5.99. The number of nitrogens with two attached hydrogens (primary N) is 1. The Morgan fingerprint density at radius 3 is 3.06 bits per heavy atom. The van der Waals surface area contributed by atoms with E-state index in [9.17, 15) is 0 Å². The van der Waals surface area contributed by atoms with Crippen LogP contribution in [0.2, 0.25) is 0 Å². The van der Waals surface area contributed by atoms with E-state index >= 15 is 0 Å². The summed E-state index contributed by atoms with van der Waals surface area (Å²) in [6.07, 6.45) is 7.19. The minimum absolute atomic E-state index is 0.452. The van der Waals surface area contributed by atoms with Crippen LogP contribution in [0.3, 0.4) is 0 Å². The first kappa shape index (κ1) is 10.5. The van der Waals surface area contributed by atoms with Crippen LogP contribution in [0.25, 0.3) is 0 Å². The Bertz CT molecular complexity index is 512. The molecule has 90 valence electrons. The Morgan fingerprint density at radius 1 is 1.24 bits per heavy atom. The van der Waals surface area contributed by atoms with Crippen molar-refractivity contribution < 1.29 is 0 Å². The topological polar surface area (TPSA) is 74.6 Å². The molecular weight excluding hydrogens is 216 g/mol. The van der Waals surface area contributed by atoms with E-state index in [1.54, 1.807) is 6.20 Å². The molecule has 0 radical (unpaired) electrons. The molecule has 0 aromatic carbocycles. The molecule has 0 saturated carbocycles. The van der Waals surface area contributed by atoms with E-state index in [1.807, 2.05) is 10.8 Å². The van der Waals surface area contributed by atoms with E-state index in [0.29, 0.717) is 13.1 Å². The zero-order valence-corrected chi connectivity index (χ0v) is 9.71. The average Bonchev–Trinajstić information content (AvgIpc) is 2.97. The molecule has 6 heteroatoms. The van der Waals surface area contributed by atoms with E-state index in [-0.39, 0.29) is 0 Å². The maximum absolute atomic E-state index is 5.64. The van der Waals surface area contributed by atoms with E-state index in [2.05, 4.69) is 19.7 Å². The number of hydrogen-bond donors (Lipinski definition) is 1. The maximum Gasteiger partial charge on any atom is 0.153 e. The van der Waals surface area contributed by atoms with Crippen molar-refractivity contribution >= 4 is 0 Å². The van der Waals surface area contributed by atoms with E-state index in [1.165, 1.54) is 12.8 Å². The molecule has 0 unspecified atom stereocenters. The van der Waals surface area contributed by atoms with E-state index in [0.717, 1.165) is 30.4 Å². The van der Waals surface area contributed by atoms with Gasteiger partial charge in [-0.05, 0) is 12.8 Å². The lowest BCUT2D eigenvalue weighted by molar-refractivity contribution is 0.500. The molecule has 1 aliphatic heterocycles. The quantitative estimate of drug-likeness (QED) is 0.827. The molecule has 0 bridgehead atoms. The van der Waals surface area contributed by atoms with Crippen LogP contribution in [0.15, 0.2) is 12.4 Å². The lowest BCUT2D eigenvalue weighted by atomic mass is 10.2. The summed E-state index contributed by atoms with van der Waals surface area (Å²) >= 11 is 0. The van der Waals surface area contributed by atoms with Crippen molar-refractivity contribution in [3.63, 3.8) is 0 Å². The van der Waals surface area contributed by atoms with Crippen LogP contribution < -0.4 is 5.73 Å². The van der Waals surface area contributed by atoms with Gasteiger partial charge in [0.15, 0.2) is 5.82 Å². The highest BCUT2D eigenvalue weighted by molar-refractivity contribution is 5.02. The fourth-order valence-corrected chi connectivity index (χ4v) is 2.31. The van der Waals surface area contributed by atoms with Crippen LogP contribution in [-0.4, -0.2) is 24.3 Å². The summed E-state index contributed by atoms with van der Waals surface area (Å²) in [5.74, 6) is 3.01. The number of aromatic nitrogens is 5. The molecule has 0 fully saturated rings. The number of aryl methyl sites for hydroxylation is 1. The Morgan fingerprint density at radius 2 is 2.18 bits per heavy atom. The summed E-state index contributed by atoms with van der Waals surface area (Å²) in [5.41, 5.74) is 5.64. The van der Waals surface area contributed by atoms with Crippen molar-refractivity contribution in [3.8, 4) is 0 Å². The third kappa shape index (κ3) is 1.84. The van der Waals surface area contributed by atoms with Crippen molar-refractivity contribution in [1.82, 2.24) is 24.3 Å². The number of hydrogen-bond acceptors (Lipinski definition) is 4. The number of fused-ring (bicyclic) bond motifs is 1. The standard InChI is InChI=1S/C11H16N6/c12-7-10-13-4-6-16(10)8-11-15-14-9-3-1-2-5-17(9)11/h4,6H,1-3,5,7-8,12H2. The van der Waals surface area contributed by atoms with Gasteiger partial charge in [-0.1, -0.05) is 0 Å². The van der Waals surface area contributed by atoms with Crippen molar-refractivity contribution in [2.45, 2.75) is 38.9 Å². The summed E-state index contributed by atoms with van der Waals surface area (Å²) in [6, 6.07) is 0. The van der Waals surface area contributed by atoms with Crippen LogP contribution in [0, 0.1) is 0 Å². The van der Waals surface area contributed by atoms with Crippen LogP contribution >= 0.6 is 0 Å². The number of rotatable bonds is 3. The van der Waals surface area contributed by atoms with Crippen molar-refractivity contribution in [2.24, 2.45) is 5.73 Å². The lowest BCUT2D eigenvalue weighted by Gasteiger charge is -2.15. The molecule has 2 aromatic rings. The summed E-state index contributed by atoms with van der Waals surface area (Å²) in [4.78, 5) is 4.21. The molecular formula is C11H16N6. The maximum atomic E-state index is 5.64. The summed E-state index contributed by atoms with van der Waals surface area (Å²) in [5, 5.41) is 8.51. The molecule has 0 saturated heterocycles. The minimum Gasteiger partial charge on any atom is -0.326 e. The van der Waals surface area contributed by atoms with Gasteiger partial charge in [0.25, 0.3) is 0 Å². The fourth-order valence-electron chi connectivity index (χ4n) is 2.31. The van der Waals surface area contributed by atoms with Gasteiger partial charge in [0, 0.05) is 25.4 Å². The highest BCUT2D eigenvalue weighted by atomic mass is 15.3. The molecule has 3 rings (SSSR count). The Balaban J connectivity index is 1.88. The third-order valence-electron chi connectivity index (χ3n) is 3.23. The van der Waals surface area contributed by atoms with Crippen LogP contribution in [0.4, 0.5) is 0 Å². The van der Waals surface area contributed by atoms with Gasteiger partial charge in [0.2, 0.25) is 0 Å². The first-order chi connectivity index (χ1) is 8.38. The second-order valence-electron chi connectivity index (χ2n) is 4.32. The molecule has 1 aliphatic rings. The molecule has 0 spiro atoms. The van der Waals surface area contributed by atoms with Gasteiger partial charge in [-0.3, -0.25) is 0 Å². The number of nitrogens with zero attached hydrogens (tertiary/aromatic N) is 5. The van der Waals surface area contributed by atoms with Crippen LogP contribution in [0.1, 0.15) is 30.3 Å². The second-order valence-corrected chi connectivity index (χ2v) is 4.32. The van der Waals surface area contributed by atoms with Gasteiger partial charge in [0.05, 0.1) is 13.1 Å². The molecule has 2 N–H and O–H groups in total. The largest absolute Gasteiger partial charge is 0.326 e. The van der Waals surface area contributed by atoms with E-state index < -0.39 is 0 Å². The minimum atomic E-state index is 0.452. The lowest BCUT2D eigenvalue weighted by Crippen LogP contribution is -2.16. The molecule has 0 amide bonds. The van der Waals surface area contributed by atoms with Gasteiger partial charge in [-0.2, -0.15) is 0 Å². The van der Waals surface area contributed by atoms with Crippen LogP contribution in [-0.2, 0) is 26.1 Å². The van der Waals surface area contributed by atoms with Gasteiger partial charge in [-0.15, -0.1) is 10.2 Å². The Kier molecular flexibility index (Phi) is 2.64. The predicted molar refractivity (Wildman–Crippen MR) is 62.2 cm³/mol. The monoisotopic (exact) mass is 232 g/mol. The Hall–Kier alpha value is -1.69. The zero-order valence-electron chi connectivity index (χ0n) is 9.71. The average molecular weight is 232 g/mol. The number of imidazole rings is 1. The van der Waals surface area contributed by atoms with E-state index in [4.69, 9.17) is 5.73 Å². The van der Waals surface area contributed by atoms with Crippen molar-refractivity contribution in [3.05, 3.63) is 29.9 Å². The van der Waals surface area contributed by atoms with Gasteiger partial charge >= 0.3 is 0 Å². The summed E-state index contributed by atoms with van der Waals surface area (Å²) < 4.78 is 4.26. The highest BCUT2D eigenvalue weighted by Crippen LogP contribution is 2.15. The fraction of sp³-hybridized carbons (Fsp3) is 0.545. The normalized spacial score (nSPS) is 14.9. The molecule has 3 heterocycles. The third-order valence-corrected chi connectivity index (χ3v) is 3.23. The second kappa shape index (κ2) is 4.29. The SMILES string of the molecule is NCc1nccn1Cc1nnc2n1CCCC2. The molecule has 2 aromatic heterocycles. The first-order valence-corrected chi connectivity index (χ1v) is 5.99. The molecule has 6 nitrogen and oxygen atoms in total. The Labute approximate surface area is 99.5 Å². The zero-order chi connectivity index (χ0) is 11.7. The van der Waals surface area contributed by atoms with Crippen molar-refractivity contribution in [1.29, 1.82) is 0 Å². The van der Waals surface area contributed by atoms with Gasteiger partial charge in [-0.25, -0.2) is 4.98 Å². The predicted octanol–water partition coefficient (Wildman–Crippen LogP) is 0.318. The summed E-state index contributed by atoms with van der Waals surface area (Å²) in [6.45, 7) is 2.19. The van der Waals surface area contributed by atoms with Crippen LogP contribution in [0.5, 0.6) is 0 Å². The smallest absolute Gasteiger partial charge is 0.153 e. The van der Waals surface area contributed by atoms with Crippen molar-refractivity contribution in [2.75, 3.05) is 0 Å². The summed E-state index contributed by atoms with van der Waals surface area (Å²) in [7, 11) is 0. The molecule has 0 aliphatic carbocycles. The van der Waals surface area contributed by atoms with Gasteiger partial charge in [0.1, 0.15) is 11.6 Å². The molecule has 17 heavy (non-hydrogen) atoms. The molecule has 0 atom stereocenters. The highest BCUT2D eigenvalue weighted by Gasteiger charge is 2.16.